The van der Waals surface area contributed by atoms with Gasteiger partial charge in [-0.05, 0) is 59.7 Å². The second-order valence-corrected chi connectivity index (χ2v) is 12.4. The molecule has 4 aromatic carbocycles. The van der Waals surface area contributed by atoms with Gasteiger partial charge in [0, 0.05) is 22.9 Å². The van der Waals surface area contributed by atoms with Gasteiger partial charge in [0.25, 0.3) is 0 Å². The minimum absolute atomic E-state index is 0.184. The summed E-state index contributed by atoms with van der Waals surface area (Å²) in [5, 5.41) is 24.0. The monoisotopic (exact) mass is 598 g/mol. The SMILES string of the molecule is CSc1ccccc1CC1C(O)C(O)C(Cc2ccccc2SC)N(Cc2ccccc2)C(=O)N1Cc1ccccc1. The molecule has 1 aliphatic rings. The lowest BCUT2D eigenvalue weighted by Gasteiger charge is -2.36. The summed E-state index contributed by atoms with van der Waals surface area (Å²) in [5.74, 6) is 0. The second kappa shape index (κ2) is 14.3. The predicted molar refractivity (Wildman–Crippen MR) is 173 cm³/mol. The van der Waals surface area contributed by atoms with E-state index in [0.717, 1.165) is 32.0 Å². The number of hydrogen-bond acceptors (Lipinski definition) is 5. The molecular formula is C35H38N2O3S2. The van der Waals surface area contributed by atoms with E-state index in [1.807, 2.05) is 97.4 Å². The van der Waals surface area contributed by atoms with Gasteiger partial charge in [-0.3, -0.25) is 0 Å². The average Bonchev–Trinajstić information content (AvgIpc) is 3.09. The van der Waals surface area contributed by atoms with Crippen LogP contribution in [0.3, 0.4) is 0 Å². The van der Waals surface area contributed by atoms with Gasteiger partial charge in [-0.15, -0.1) is 23.5 Å². The number of hydrogen-bond donors (Lipinski definition) is 2. The summed E-state index contributed by atoms with van der Waals surface area (Å²) in [6.45, 7) is 0.657. The number of carbonyl (C=O) groups is 1. The van der Waals surface area contributed by atoms with Gasteiger partial charge in [-0.2, -0.15) is 0 Å². The topological polar surface area (TPSA) is 64.0 Å². The molecular weight excluding hydrogens is 561 g/mol. The second-order valence-electron chi connectivity index (χ2n) is 10.7. The third kappa shape index (κ3) is 6.87. The fourth-order valence-corrected chi connectivity index (χ4v) is 7.11. The number of aliphatic hydroxyl groups is 2. The highest BCUT2D eigenvalue weighted by Crippen LogP contribution is 2.33. The Morgan fingerprint density at radius 1 is 0.571 bits per heavy atom. The lowest BCUT2D eigenvalue weighted by Crippen LogP contribution is -2.50. The summed E-state index contributed by atoms with van der Waals surface area (Å²) in [5.41, 5.74) is 4.05. The van der Waals surface area contributed by atoms with E-state index in [1.165, 1.54) is 0 Å². The zero-order chi connectivity index (χ0) is 29.5. The Morgan fingerprint density at radius 3 is 1.31 bits per heavy atom. The molecule has 1 heterocycles. The number of rotatable bonds is 10. The highest BCUT2D eigenvalue weighted by Gasteiger charge is 2.46. The summed E-state index contributed by atoms with van der Waals surface area (Å²) in [4.78, 5) is 20.5. The van der Waals surface area contributed by atoms with Gasteiger partial charge >= 0.3 is 6.03 Å². The van der Waals surface area contributed by atoms with Gasteiger partial charge in [-0.25, -0.2) is 4.79 Å². The van der Waals surface area contributed by atoms with Crippen LogP contribution < -0.4 is 0 Å². The van der Waals surface area contributed by atoms with Crippen molar-refractivity contribution in [3.63, 3.8) is 0 Å². The molecule has 2 N–H and O–H groups in total. The highest BCUT2D eigenvalue weighted by molar-refractivity contribution is 7.98. The molecule has 0 bridgehead atoms. The van der Waals surface area contributed by atoms with Crippen molar-refractivity contribution >= 4 is 29.6 Å². The van der Waals surface area contributed by atoms with Crippen LogP contribution in [0.25, 0.3) is 0 Å². The quantitative estimate of drug-likeness (QED) is 0.204. The molecule has 1 saturated heterocycles. The minimum atomic E-state index is -1.15. The first-order valence-electron chi connectivity index (χ1n) is 14.2. The van der Waals surface area contributed by atoms with Crippen molar-refractivity contribution in [3.05, 3.63) is 131 Å². The molecule has 42 heavy (non-hydrogen) atoms. The van der Waals surface area contributed by atoms with E-state index in [4.69, 9.17) is 0 Å². The number of aliphatic hydroxyl groups excluding tert-OH is 2. The number of nitrogens with zero attached hydrogens (tertiary/aromatic N) is 2. The average molecular weight is 599 g/mol. The van der Waals surface area contributed by atoms with Crippen LogP contribution in [0.1, 0.15) is 22.3 Å². The van der Waals surface area contributed by atoms with Crippen molar-refractivity contribution < 1.29 is 15.0 Å². The molecule has 4 atom stereocenters. The van der Waals surface area contributed by atoms with E-state index in [0.29, 0.717) is 25.9 Å². The van der Waals surface area contributed by atoms with Gasteiger partial charge in [-0.1, -0.05) is 97.1 Å². The van der Waals surface area contributed by atoms with Crippen molar-refractivity contribution in [2.24, 2.45) is 0 Å². The van der Waals surface area contributed by atoms with Crippen molar-refractivity contribution in [2.75, 3.05) is 12.5 Å². The first kappa shape index (κ1) is 30.2. The van der Waals surface area contributed by atoms with Crippen molar-refractivity contribution in [2.45, 2.75) is 60.0 Å². The Balaban J connectivity index is 1.61. The zero-order valence-corrected chi connectivity index (χ0v) is 25.7. The fraction of sp³-hybridized carbons (Fsp3) is 0.286. The predicted octanol–water partition coefficient (Wildman–Crippen LogP) is 6.51. The third-order valence-electron chi connectivity index (χ3n) is 8.07. The Labute approximate surface area is 257 Å². The highest BCUT2D eigenvalue weighted by atomic mass is 32.2. The fourth-order valence-electron chi connectivity index (χ4n) is 5.86. The molecule has 5 rings (SSSR count). The molecule has 5 nitrogen and oxygen atoms in total. The van der Waals surface area contributed by atoms with Crippen LogP contribution >= 0.6 is 23.5 Å². The van der Waals surface area contributed by atoms with Crippen LogP contribution in [0.15, 0.2) is 119 Å². The molecule has 0 aliphatic carbocycles. The van der Waals surface area contributed by atoms with E-state index in [1.54, 1.807) is 33.3 Å². The van der Waals surface area contributed by atoms with Crippen LogP contribution in [0.2, 0.25) is 0 Å². The Kier molecular flexibility index (Phi) is 10.3. The number of urea groups is 1. The van der Waals surface area contributed by atoms with Crippen LogP contribution in [0.4, 0.5) is 4.79 Å². The summed E-state index contributed by atoms with van der Waals surface area (Å²) in [6, 6.07) is 34.5. The van der Waals surface area contributed by atoms with Gasteiger partial charge < -0.3 is 20.0 Å². The summed E-state index contributed by atoms with van der Waals surface area (Å²) < 4.78 is 0. The molecule has 218 valence electrons. The van der Waals surface area contributed by atoms with E-state index in [-0.39, 0.29) is 6.03 Å². The maximum Gasteiger partial charge on any atom is 0.321 e. The lowest BCUT2D eigenvalue weighted by atomic mass is 9.90. The van der Waals surface area contributed by atoms with Crippen molar-refractivity contribution in [1.82, 2.24) is 9.80 Å². The van der Waals surface area contributed by atoms with Gasteiger partial charge in [0.1, 0.15) is 12.2 Å². The van der Waals surface area contributed by atoms with Gasteiger partial charge in [0.2, 0.25) is 0 Å². The van der Waals surface area contributed by atoms with Crippen molar-refractivity contribution in [3.8, 4) is 0 Å². The molecule has 0 saturated carbocycles. The van der Waals surface area contributed by atoms with Crippen molar-refractivity contribution in [1.29, 1.82) is 0 Å². The van der Waals surface area contributed by atoms with Crippen LogP contribution in [-0.2, 0) is 25.9 Å². The van der Waals surface area contributed by atoms with Gasteiger partial charge in [0.05, 0.1) is 12.1 Å². The van der Waals surface area contributed by atoms with E-state index >= 15 is 0 Å². The molecule has 0 aromatic heterocycles. The molecule has 1 aliphatic heterocycles. The van der Waals surface area contributed by atoms with Crippen LogP contribution in [0, 0.1) is 0 Å². The normalized spacial score (nSPS) is 20.9. The summed E-state index contributed by atoms with van der Waals surface area (Å²) >= 11 is 3.29. The Hall–Kier alpha value is -3.23. The number of carbonyl (C=O) groups excluding carboxylic acids is 1. The molecule has 0 radical (unpaired) electrons. The maximum absolute atomic E-state index is 14.8. The van der Waals surface area contributed by atoms with E-state index in [2.05, 4.69) is 24.3 Å². The Bertz CT molecular complexity index is 1340. The minimum Gasteiger partial charge on any atom is -0.388 e. The maximum atomic E-state index is 14.8. The third-order valence-corrected chi connectivity index (χ3v) is 9.74. The molecule has 0 spiro atoms. The molecule has 1 fully saturated rings. The summed E-state index contributed by atoms with van der Waals surface area (Å²) in [7, 11) is 0. The van der Waals surface area contributed by atoms with Gasteiger partial charge in [0.15, 0.2) is 0 Å². The lowest BCUT2D eigenvalue weighted by molar-refractivity contribution is -0.0410. The van der Waals surface area contributed by atoms with E-state index in [9.17, 15) is 15.0 Å². The first-order chi connectivity index (χ1) is 20.5. The molecule has 4 aromatic rings. The zero-order valence-electron chi connectivity index (χ0n) is 24.0. The first-order valence-corrected chi connectivity index (χ1v) is 16.7. The number of benzene rings is 4. The standard InChI is InChI=1S/C35H38N2O3S2/c1-41-31-19-11-9-17-27(31)21-29-33(38)34(39)30(22-28-18-10-12-20-32(28)42-2)37(24-26-15-7-4-8-16-26)35(40)36(29)23-25-13-5-3-6-14-25/h3-20,29-30,33-34,38-39H,21-24H2,1-2H3. The smallest absolute Gasteiger partial charge is 0.321 e. The number of thioether (sulfide) groups is 2. The summed E-state index contributed by atoms with van der Waals surface area (Å²) in [6.07, 6.45) is 2.62. The molecule has 2 amide bonds. The van der Waals surface area contributed by atoms with Crippen LogP contribution in [-0.4, -0.2) is 62.8 Å². The Morgan fingerprint density at radius 2 is 0.929 bits per heavy atom. The molecule has 7 heteroatoms. The largest absolute Gasteiger partial charge is 0.388 e. The number of amides is 2. The van der Waals surface area contributed by atoms with E-state index < -0.39 is 24.3 Å². The van der Waals surface area contributed by atoms with Crippen LogP contribution in [0.5, 0.6) is 0 Å². The molecule has 4 unspecified atom stereocenters.